The summed E-state index contributed by atoms with van der Waals surface area (Å²) in [4.78, 5) is 0. The van der Waals surface area contributed by atoms with Crippen molar-refractivity contribution in [3.8, 4) is 0 Å². The molecule has 1 aliphatic carbocycles. The summed E-state index contributed by atoms with van der Waals surface area (Å²) in [6.07, 6.45) is -15.1. The average Bonchev–Trinajstić information content (AvgIpc) is 1.44. The summed E-state index contributed by atoms with van der Waals surface area (Å²) >= 11 is 44.3. The maximum Gasteiger partial charge on any atom is 0.187 e. The second-order valence-electron chi connectivity index (χ2n) is 24.7. The lowest BCUT2D eigenvalue weighted by atomic mass is 9.84. The standard InChI is InChI=1S/C72H81Cl7N6O13/c73-47-15-1-40(2-16-47)32-86-39-58-65(97-71-60(85)67(91-37-45-11-25-52(78)26-12-45)64(57(31-81)94-71)89-35-43-7-21-50(76)22-8-43)69(92-38-46-13-27-53(79)28-14-46)72(95-58)98-68-61(87-33-41-3-17-48(74)18-4-41)54(82)29-55(83)62(68)96-70-59(84)66(90-36-44-9-23-51(77)24-10-44)63(56(30-80)93-70)88-34-42-5-19-49(75)20-6-42/h1-28,54-72H,29-39,80-85H2/t54-,55+,56-,57+,58-,59-,60-,61+,62-,63-,64-,65-,66-,67-,68-,69-,70-,71-,72+/m1/s1. The zero-order chi connectivity index (χ0) is 68.8. The largest absolute Gasteiger partial charge is 0.374 e. The van der Waals surface area contributed by atoms with Crippen LogP contribution in [-0.2, 0) is 108 Å². The molecule has 7 aromatic rings. The molecule has 0 unspecified atom stereocenters. The van der Waals surface area contributed by atoms with Crippen molar-refractivity contribution in [3.05, 3.63) is 244 Å². The van der Waals surface area contributed by atoms with E-state index in [1.165, 1.54) is 0 Å². The van der Waals surface area contributed by atoms with Crippen LogP contribution in [0.1, 0.15) is 45.4 Å². The molecule has 0 aromatic heterocycles. The van der Waals surface area contributed by atoms with Gasteiger partial charge in [0.1, 0.15) is 73.2 Å². The van der Waals surface area contributed by atoms with E-state index in [-0.39, 0.29) is 72.4 Å². The molecule has 19 nitrogen and oxygen atoms in total. The van der Waals surface area contributed by atoms with Gasteiger partial charge in [-0.2, -0.15) is 0 Å². The molecular formula is C72H81Cl7N6O13. The topological polar surface area (TPSA) is 276 Å². The summed E-state index contributed by atoms with van der Waals surface area (Å²) in [5, 5.41) is 3.92. The van der Waals surface area contributed by atoms with Gasteiger partial charge in [-0.25, -0.2) is 0 Å². The molecule has 3 aliphatic heterocycles. The summed E-state index contributed by atoms with van der Waals surface area (Å²) in [5.41, 5.74) is 48.2. The zero-order valence-electron chi connectivity index (χ0n) is 53.3. The highest BCUT2D eigenvalue weighted by molar-refractivity contribution is 6.32. The minimum absolute atomic E-state index is 0.00371. The third-order valence-corrected chi connectivity index (χ3v) is 19.4. The summed E-state index contributed by atoms with van der Waals surface area (Å²) in [6.45, 7) is 0.639. The van der Waals surface area contributed by atoms with Crippen LogP contribution in [0.4, 0.5) is 0 Å². The molecule has 4 aliphatic rings. The van der Waals surface area contributed by atoms with E-state index in [1.807, 2.05) is 84.9 Å². The number of hydrogen-bond donors (Lipinski definition) is 6. The molecule has 0 spiro atoms. The second-order valence-corrected chi connectivity index (χ2v) is 27.7. The van der Waals surface area contributed by atoms with E-state index in [0.717, 1.165) is 38.9 Å². The number of benzene rings is 7. The molecule has 526 valence electrons. The predicted molar refractivity (Wildman–Crippen MR) is 377 cm³/mol. The van der Waals surface area contributed by atoms with Crippen molar-refractivity contribution in [1.82, 2.24) is 0 Å². The van der Waals surface area contributed by atoms with Crippen LogP contribution >= 0.6 is 81.2 Å². The summed E-state index contributed by atoms with van der Waals surface area (Å²) in [6, 6.07) is 47.3. The Morgan fingerprint density at radius 3 is 0.888 bits per heavy atom. The molecule has 19 atom stereocenters. The lowest BCUT2D eigenvalue weighted by Gasteiger charge is -2.49. The molecule has 3 heterocycles. The first-order valence-electron chi connectivity index (χ1n) is 32.3. The number of halogens is 7. The Bertz CT molecular complexity index is 3560. The van der Waals surface area contributed by atoms with Gasteiger partial charge in [-0.05, 0) is 130 Å². The van der Waals surface area contributed by atoms with Gasteiger partial charge in [0.25, 0.3) is 0 Å². The number of nitrogens with two attached hydrogens (primary N) is 6. The smallest absolute Gasteiger partial charge is 0.187 e. The Labute approximate surface area is 605 Å². The molecule has 3 saturated heterocycles. The molecule has 0 amide bonds. The van der Waals surface area contributed by atoms with Crippen molar-refractivity contribution in [3.63, 3.8) is 0 Å². The molecule has 98 heavy (non-hydrogen) atoms. The van der Waals surface area contributed by atoms with Crippen LogP contribution in [0.5, 0.6) is 0 Å². The molecule has 0 radical (unpaired) electrons. The predicted octanol–water partition coefficient (Wildman–Crippen LogP) is 11.2. The Balaban J connectivity index is 0.946. The highest BCUT2D eigenvalue weighted by atomic mass is 35.5. The SMILES string of the molecule is NC[C@@H]1O[C@H](O[C@H]2[C@@H](OCc3ccc(Cl)cc3)[C@H](O[C@@H]3[C@@H](OCc4ccc(Cl)cc4)[C@H](N)C[C@H](N)[C@H]3O[C@H]3O[C@H](CN)[C@@H](OCc4ccc(Cl)cc4)[C@H](OCc4ccc(Cl)cc4)[C@H]3N)O[C@@H]2COCc2ccc(Cl)cc2)[C@H](N)[C@@H](OCc2ccc(Cl)cc2)[C@@H]1OCc1ccc(Cl)cc1. The number of ether oxygens (including phenoxy) is 13. The van der Waals surface area contributed by atoms with Crippen molar-refractivity contribution < 1.29 is 61.6 Å². The molecule has 7 aromatic carbocycles. The van der Waals surface area contributed by atoms with Crippen molar-refractivity contribution in [2.75, 3.05) is 19.7 Å². The first-order chi connectivity index (χ1) is 47.4. The van der Waals surface area contributed by atoms with Crippen LogP contribution < -0.4 is 34.4 Å². The summed E-state index contributed by atoms with van der Waals surface area (Å²) in [5.74, 6) is 0. The van der Waals surface area contributed by atoms with E-state index in [0.29, 0.717) is 35.2 Å². The van der Waals surface area contributed by atoms with E-state index in [2.05, 4.69) is 0 Å². The first-order valence-corrected chi connectivity index (χ1v) is 34.9. The lowest BCUT2D eigenvalue weighted by Crippen LogP contribution is -2.69. The van der Waals surface area contributed by atoms with Gasteiger partial charge >= 0.3 is 0 Å². The zero-order valence-corrected chi connectivity index (χ0v) is 58.6. The van der Waals surface area contributed by atoms with E-state index >= 15 is 0 Å². The number of rotatable bonds is 30. The first kappa shape index (κ1) is 75.0. The van der Waals surface area contributed by atoms with Crippen molar-refractivity contribution in [1.29, 1.82) is 0 Å². The van der Waals surface area contributed by atoms with Crippen molar-refractivity contribution in [2.45, 2.75) is 169 Å². The Hall–Kier alpha value is -4.19. The molecular weight excluding hydrogens is 1400 g/mol. The van der Waals surface area contributed by atoms with Crippen LogP contribution in [0.15, 0.2) is 170 Å². The normalized spacial score (nSPS) is 29.6. The molecule has 26 heteroatoms. The quantitative estimate of drug-likeness (QED) is 0.0244. The minimum atomic E-state index is -1.34. The Morgan fingerprint density at radius 2 is 0.551 bits per heavy atom. The highest BCUT2D eigenvalue weighted by Gasteiger charge is 2.57. The molecule has 1 saturated carbocycles. The van der Waals surface area contributed by atoms with E-state index in [9.17, 15) is 0 Å². The van der Waals surface area contributed by atoms with E-state index in [1.54, 1.807) is 84.9 Å². The van der Waals surface area contributed by atoms with Gasteiger partial charge in [0, 0.05) is 60.3 Å². The van der Waals surface area contributed by atoms with Crippen molar-refractivity contribution >= 4 is 81.2 Å². The van der Waals surface area contributed by atoms with Crippen LogP contribution in [0.3, 0.4) is 0 Å². The van der Waals surface area contributed by atoms with Gasteiger partial charge in [0.2, 0.25) is 0 Å². The fourth-order valence-corrected chi connectivity index (χ4v) is 13.2. The number of hydrogen-bond acceptors (Lipinski definition) is 19. The third-order valence-electron chi connectivity index (χ3n) is 17.6. The van der Waals surface area contributed by atoms with E-state index < -0.39 is 116 Å². The maximum absolute atomic E-state index is 7.45. The molecule has 0 bridgehead atoms. The van der Waals surface area contributed by atoms with Gasteiger partial charge in [-0.3, -0.25) is 0 Å². The van der Waals surface area contributed by atoms with Crippen LogP contribution in [-0.4, -0.2) is 136 Å². The van der Waals surface area contributed by atoms with Gasteiger partial charge in [-0.1, -0.05) is 166 Å². The van der Waals surface area contributed by atoms with Gasteiger partial charge < -0.3 is 96.0 Å². The van der Waals surface area contributed by atoms with Crippen molar-refractivity contribution in [2.24, 2.45) is 34.4 Å². The lowest BCUT2D eigenvalue weighted by molar-refractivity contribution is -0.318. The summed E-state index contributed by atoms with van der Waals surface area (Å²) in [7, 11) is 0. The van der Waals surface area contributed by atoms with Gasteiger partial charge in [-0.15, -0.1) is 0 Å². The minimum Gasteiger partial charge on any atom is -0.374 e. The fraction of sp³-hybridized carbons (Fsp3) is 0.417. The third kappa shape index (κ3) is 20.2. The Morgan fingerprint density at radius 1 is 0.286 bits per heavy atom. The highest BCUT2D eigenvalue weighted by Crippen LogP contribution is 2.39. The van der Waals surface area contributed by atoms with E-state index in [4.69, 9.17) is 177 Å². The summed E-state index contributed by atoms with van der Waals surface area (Å²) < 4.78 is 90.1. The fourth-order valence-electron chi connectivity index (χ4n) is 12.4. The van der Waals surface area contributed by atoms with Crippen LogP contribution in [0.25, 0.3) is 0 Å². The molecule has 4 fully saturated rings. The van der Waals surface area contributed by atoms with Gasteiger partial charge in [0.05, 0.1) is 64.9 Å². The van der Waals surface area contributed by atoms with Crippen LogP contribution in [0, 0.1) is 0 Å². The molecule has 11 rings (SSSR count). The average molecular weight is 1490 g/mol. The monoisotopic (exact) mass is 1480 g/mol. The Kier molecular flexibility index (Phi) is 27.8. The van der Waals surface area contributed by atoms with Crippen LogP contribution in [0.2, 0.25) is 35.2 Å². The molecule has 12 N–H and O–H groups in total. The van der Waals surface area contributed by atoms with Gasteiger partial charge in [0.15, 0.2) is 18.9 Å². The second kappa shape index (κ2) is 36.3. The maximum atomic E-state index is 7.45.